The minimum absolute atomic E-state index is 0.119. The van der Waals surface area contributed by atoms with Crippen molar-refractivity contribution in [3.63, 3.8) is 0 Å². The van der Waals surface area contributed by atoms with E-state index in [-0.39, 0.29) is 5.41 Å². The van der Waals surface area contributed by atoms with E-state index >= 15 is 0 Å². The fraction of sp³-hybridized carbons (Fsp3) is 0.647. The van der Waals surface area contributed by atoms with E-state index in [4.69, 9.17) is 0 Å². The van der Waals surface area contributed by atoms with Crippen LogP contribution in [0.4, 0.5) is 13.2 Å². The summed E-state index contributed by atoms with van der Waals surface area (Å²) in [7, 11) is 0. The van der Waals surface area contributed by atoms with Crippen LogP contribution in [-0.2, 0) is 11.6 Å². The quantitative estimate of drug-likeness (QED) is 0.767. The molecule has 1 aromatic rings. The predicted octanol–water partition coefficient (Wildman–Crippen LogP) is 4.86. The number of alkyl halides is 3. The van der Waals surface area contributed by atoms with Gasteiger partial charge in [-0.15, -0.1) is 0 Å². The number of rotatable bonds is 4. The van der Waals surface area contributed by atoms with E-state index in [9.17, 15) is 13.2 Å². The maximum absolute atomic E-state index is 12.6. The van der Waals surface area contributed by atoms with Crippen molar-refractivity contribution >= 4 is 0 Å². The normalized spacial score (nSPS) is 19.0. The van der Waals surface area contributed by atoms with Gasteiger partial charge < -0.3 is 4.90 Å². The van der Waals surface area contributed by atoms with Gasteiger partial charge in [-0.25, -0.2) is 0 Å². The van der Waals surface area contributed by atoms with E-state index < -0.39 is 11.7 Å². The van der Waals surface area contributed by atoms with Gasteiger partial charge in [-0.05, 0) is 62.4 Å². The van der Waals surface area contributed by atoms with Crippen LogP contribution in [0.15, 0.2) is 24.3 Å². The van der Waals surface area contributed by atoms with E-state index in [0.29, 0.717) is 6.04 Å². The topological polar surface area (TPSA) is 3.24 Å². The fourth-order valence-corrected chi connectivity index (χ4v) is 3.28. The van der Waals surface area contributed by atoms with Crippen molar-refractivity contribution in [2.45, 2.75) is 57.7 Å². The third kappa shape index (κ3) is 4.00. The van der Waals surface area contributed by atoms with Gasteiger partial charge in [0, 0.05) is 6.04 Å². The Kier molecular flexibility index (Phi) is 4.66. The molecule has 1 aromatic carbocycles. The Balaban J connectivity index is 2.07. The number of hydrogen-bond donors (Lipinski definition) is 0. The van der Waals surface area contributed by atoms with Gasteiger partial charge in [0.05, 0.1) is 5.56 Å². The lowest BCUT2D eigenvalue weighted by Crippen LogP contribution is -2.35. The van der Waals surface area contributed by atoms with Crippen LogP contribution in [-0.4, -0.2) is 24.0 Å². The van der Waals surface area contributed by atoms with Crippen LogP contribution < -0.4 is 0 Å². The molecule has 1 atom stereocenters. The zero-order valence-corrected chi connectivity index (χ0v) is 13.0. The molecule has 0 bridgehead atoms. The first-order valence-corrected chi connectivity index (χ1v) is 7.62. The third-order valence-electron chi connectivity index (χ3n) is 4.56. The summed E-state index contributed by atoms with van der Waals surface area (Å²) < 4.78 is 37.9. The summed E-state index contributed by atoms with van der Waals surface area (Å²) in [4.78, 5) is 2.48. The van der Waals surface area contributed by atoms with E-state index in [0.717, 1.165) is 25.1 Å². The van der Waals surface area contributed by atoms with Gasteiger partial charge >= 0.3 is 6.18 Å². The Morgan fingerprint density at radius 2 is 1.48 bits per heavy atom. The minimum Gasteiger partial charge on any atom is -0.301 e. The fourth-order valence-electron chi connectivity index (χ4n) is 3.28. The molecule has 1 heterocycles. The Labute approximate surface area is 125 Å². The summed E-state index contributed by atoms with van der Waals surface area (Å²) in [5.41, 5.74) is 0.280. The minimum atomic E-state index is -4.26. The molecule has 1 nitrogen and oxygen atoms in total. The third-order valence-corrected chi connectivity index (χ3v) is 4.56. The van der Waals surface area contributed by atoms with Crippen molar-refractivity contribution in [3.8, 4) is 0 Å². The SMILES string of the molecule is CC(CC(C)(C)c1ccc(C(F)(F)F)cc1)N1CCCC1. The second-order valence-electron chi connectivity index (χ2n) is 6.76. The molecule has 0 N–H and O–H groups in total. The lowest BCUT2D eigenvalue weighted by atomic mass is 9.79. The Morgan fingerprint density at radius 1 is 1.00 bits per heavy atom. The molecule has 2 rings (SSSR count). The summed E-state index contributed by atoms with van der Waals surface area (Å²) >= 11 is 0. The predicted molar refractivity (Wildman–Crippen MR) is 79.4 cm³/mol. The highest BCUT2D eigenvalue weighted by molar-refractivity contribution is 5.29. The molecule has 1 unspecified atom stereocenters. The molecular weight excluding hydrogens is 275 g/mol. The molecule has 0 aliphatic carbocycles. The number of nitrogens with zero attached hydrogens (tertiary/aromatic N) is 1. The Hall–Kier alpha value is -1.03. The van der Waals surface area contributed by atoms with Crippen LogP contribution >= 0.6 is 0 Å². The van der Waals surface area contributed by atoms with Crippen molar-refractivity contribution in [1.82, 2.24) is 4.90 Å². The molecule has 1 aliphatic rings. The van der Waals surface area contributed by atoms with Gasteiger partial charge in [-0.2, -0.15) is 13.2 Å². The first kappa shape index (κ1) is 16.3. The van der Waals surface area contributed by atoms with Crippen molar-refractivity contribution in [1.29, 1.82) is 0 Å². The molecule has 1 saturated heterocycles. The van der Waals surface area contributed by atoms with Gasteiger partial charge in [0.15, 0.2) is 0 Å². The average molecular weight is 299 g/mol. The highest BCUT2D eigenvalue weighted by atomic mass is 19.4. The molecule has 0 saturated carbocycles. The van der Waals surface area contributed by atoms with Crippen LogP contribution in [0.3, 0.4) is 0 Å². The first-order chi connectivity index (χ1) is 9.70. The van der Waals surface area contributed by atoms with Crippen molar-refractivity contribution in [2.24, 2.45) is 0 Å². The lowest BCUT2D eigenvalue weighted by molar-refractivity contribution is -0.137. The van der Waals surface area contributed by atoms with Gasteiger partial charge in [-0.1, -0.05) is 26.0 Å². The second-order valence-corrected chi connectivity index (χ2v) is 6.76. The summed E-state index contributed by atoms with van der Waals surface area (Å²) in [5.74, 6) is 0. The molecule has 21 heavy (non-hydrogen) atoms. The number of halogens is 3. The van der Waals surface area contributed by atoms with Gasteiger partial charge in [0.2, 0.25) is 0 Å². The van der Waals surface area contributed by atoms with E-state index in [2.05, 4.69) is 25.7 Å². The zero-order valence-electron chi connectivity index (χ0n) is 13.0. The maximum Gasteiger partial charge on any atom is 0.416 e. The smallest absolute Gasteiger partial charge is 0.301 e. The molecule has 0 radical (unpaired) electrons. The highest BCUT2D eigenvalue weighted by Gasteiger charge is 2.32. The number of hydrogen-bond acceptors (Lipinski definition) is 1. The molecule has 0 amide bonds. The molecular formula is C17H24F3N. The van der Waals surface area contributed by atoms with Crippen LogP contribution in [0, 0.1) is 0 Å². The Morgan fingerprint density at radius 3 is 1.95 bits per heavy atom. The average Bonchev–Trinajstić information content (AvgIpc) is 2.91. The van der Waals surface area contributed by atoms with Gasteiger partial charge in [0.25, 0.3) is 0 Å². The highest BCUT2D eigenvalue weighted by Crippen LogP contribution is 2.34. The molecule has 4 heteroatoms. The maximum atomic E-state index is 12.6. The molecule has 118 valence electrons. The largest absolute Gasteiger partial charge is 0.416 e. The van der Waals surface area contributed by atoms with Gasteiger partial charge in [0.1, 0.15) is 0 Å². The van der Waals surface area contributed by atoms with Crippen LogP contribution in [0.2, 0.25) is 0 Å². The molecule has 1 aliphatic heterocycles. The second kappa shape index (κ2) is 5.99. The van der Waals surface area contributed by atoms with E-state index in [1.165, 1.54) is 25.0 Å². The molecule has 0 spiro atoms. The number of likely N-dealkylation sites (tertiary alicyclic amines) is 1. The first-order valence-electron chi connectivity index (χ1n) is 7.62. The standard InChI is InChI=1S/C17H24F3N/c1-13(21-10-4-5-11-21)12-16(2,3)14-6-8-15(9-7-14)17(18,19)20/h6-9,13H,4-5,10-12H2,1-3H3. The van der Waals surface area contributed by atoms with Crippen molar-refractivity contribution in [3.05, 3.63) is 35.4 Å². The monoisotopic (exact) mass is 299 g/mol. The lowest BCUT2D eigenvalue weighted by Gasteiger charge is -2.33. The van der Waals surface area contributed by atoms with Gasteiger partial charge in [-0.3, -0.25) is 0 Å². The zero-order chi connectivity index (χ0) is 15.7. The van der Waals surface area contributed by atoms with Crippen molar-refractivity contribution in [2.75, 3.05) is 13.1 Å². The summed E-state index contributed by atoms with van der Waals surface area (Å²) in [6.07, 6.45) is -0.792. The van der Waals surface area contributed by atoms with E-state index in [1.54, 1.807) is 12.1 Å². The van der Waals surface area contributed by atoms with Crippen LogP contribution in [0.5, 0.6) is 0 Å². The summed E-state index contributed by atoms with van der Waals surface area (Å²) in [6, 6.07) is 6.10. The van der Waals surface area contributed by atoms with Crippen LogP contribution in [0.1, 0.15) is 51.2 Å². The molecule has 1 fully saturated rings. The summed E-state index contributed by atoms with van der Waals surface area (Å²) in [5, 5.41) is 0. The van der Waals surface area contributed by atoms with E-state index in [1.807, 2.05) is 0 Å². The Bertz CT molecular complexity index is 456. The number of benzene rings is 1. The summed E-state index contributed by atoms with van der Waals surface area (Å²) in [6.45, 7) is 8.73. The van der Waals surface area contributed by atoms with Crippen molar-refractivity contribution < 1.29 is 13.2 Å². The molecule has 0 aromatic heterocycles. The van der Waals surface area contributed by atoms with Crippen LogP contribution in [0.25, 0.3) is 0 Å².